The van der Waals surface area contributed by atoms with Crippen molar-refractivity contribution in [3.63, 3.8) is 0 Å². The van der Waals surface area contributed by atoms with Gasteiger partial charge < -0.3 is 9.84 Å². The monoisotopic (exact) mass is 255 g/mol. The largest absolute Gasteiger partial charge is 0.439 e. The summed E-state index contributed by atoms with van der Waals surface area (Å²) >= 11 is 5.88. The predicted octanol–water partition coefficient (Wildman–Crippen LogP) is 2.04. The van der Waals surface area contributed by atoms with Crippen molar-refractivity contribution in [2.75, 3.05) is 13.2 Å². The summed E-state index contributed by atoms with van der Waals surface area (Å²) in [4.78, 5) is 13.2. The van der Waals surface area contributed by atoms with Gasteiger partial charge in [0.25, 0.3) is 0 Å². The highest BCUT2D eigenvalue weighted by Gasteiger charge is 2.40. The van der Waals surface area contributed by atoms with Crippen LogP contribution in [0.15, 0.2) is 24.3 Å². The fourth-order valence-corrected chi connectivity index (χ4v) is 2.05. The first kappa shape index (κ1) is 12.2. The number of ether oxygens (including phenoxy) is 1. The molecule has 1 amide bonds. The van der Waals surface area contributed by atoms with Crippen molar-refractivity contribution in [2.45, 2.75) is 19.1 Å². The standard InChI is InChI=1S/C12H14ClNO3/c1-12(8-15)7-14(11(16)17-12)6-9-3-2-4-10(13)5-9/h2-5,15H,6-8H2,1H3. The minimum absolute atomic E-state index is 0.176. The third kappa shape index (κ3) is 2.70. The van der Waals surface area contributed by atoms with Crippen molar-refractivity contribution >= 4 is 17.7 Å². The summed E-state index contributed by atoms with van der Waals surface area (Å²) in [6.45, 7) is 2.36. The summed E-state index contributed by atoms with van der Waals surface area (Å²) in [6, 6.07) is 7.33. The summed E-state index contributed by atoms with van der Waals surface area (Å²) < 4.78 is 5.12. The van der Waals surface area contributed by atoms with Crippen molar-refractivity contribution in [3.8, 4) is 0 Å². The molecule has 5 heteroatoms. The van der Waals surface area contributed by atoms with Gasteiger partial charge in [-0.15, -0.1) is 0 Å². The minimum Gasteiger partial charge on any atom is -0.439 e. The van der Waals surface area contributed by atoms with Crippen LogP contribution in [0.1, 0.15) is 12.5 Å². The van der Waals surface area contributed by atoms with Crippen LogP contribution in [0, 0.1) is 0 Å². The molecule has 17 heavy (non-hydrogen) atoms. The Balaban J connectivity index is 2.08. The highest BCUT2D eigenvalue weighted by Crippen LogP contribution is 2.24. The Morgan fingerprint density at radius 3 is 2.94 bits per heavy atom. The molecule has 0 radical (unpaired) electrons. The number of carbonyl (C=O) groups excluding carboxylic acids is 1. The maximum Gasteiger partial charge on any atom is 0.410 e. The molecule has 0 saturated carbocycles. The van der Waals surface area contributed by atoms with E-state index >= 15 is 0 Å². The van der Waals surface area contributed by atoms with E-state index in [-0.39, 0.29) is 6.61 Å². The molecular formula is C12H14ClNO3. The van der Waals surface area contributed by atoms with Crippen LogP contribution in [0.4, 0.5) is 4.79 Å². The lowest BCUT2D eigenvalue weighted by molar-refractivity contribution is 0.0219. The Morgan fingerprint density at radius 1 is 1.59 bits per heavy atom. The van der Waals surface area contributed by atoms with Gasteiger partial charge in [0.1, 0.15) is 0 Å². The third-order valence-electron chi connectivity index (χ3n) is 2.71. The van der Waals surface area contributed by atoms with Gasteiger partial charge in [0.15, 0.2) is 5.60 Å². The molecule has 2 rings (SSSR count). The first-order valence-corrected chi connectivity index (χ1v) is 5.73. The molecule has 0 aliphatic carbocycles. The second-order valence-corrected chi connectivity index (χ2v) is 4.90. The molecule has 1 aliphatic heterocycles. The smallest absolute Gasteiger partial charge is 0.410 e. The highest BCUT2D eigenvalue weighted by atomic mass is 35.5. The lowest BCUT2D eigenvalue weighted by Gasteiger charge is -2.18. The molecular weight excluding hydrogens is 242 g/mol. The van der Waals surface area contributed by atoms with Crippen LogP contribution < -0.4 is 0 Å². The topological polar surface area (TPSA) is 49.8 Å². The van der Waals surface area contributed by atoms with E-state index < -0.39 is 11.7 Å². The van der Waals surface area contributed by atoms with Crippen LogP contribution in [0.3, 0.4) is 0 Å². The number of aliphatic hydroxyl groups excluding tert-OH is 1. The van der Waals surface area contributed by atoms with E-state index in [4.69, 9.17) is 21.4 Å². The Hall–Kier alpha value is -1.26. The lowest BCUT2D eigenvalue weighted by Crippen LogP contribution is -2.34. The molecule has 1 atom stereocenters. The van der Waals surface area contributed by atoms with Gasteiger partial charge in [-0.1, -0.05) is 23.7 Å². The van der Waals surface area contributed by atoms with Gasteiger partial charge in [-0.05, 0) is 24.6 Å². The van der Waals surface area contributed by atoms with Crippen molar-refractivity contribution in [2.24, 2.45) is 0 Å². The van der Waals surface area contributed by atoms with Gasteiger partial charge in [0.2, 0.25) is 0 Å². The molecule has 1 aliphatic rings. The van der Waals surface area contributed by atoms with Crippen LogP contribution >= 0.6 is 11.6 Å². The molecule has 1 aromatic carbocycles. The number of aliphatic hydroxyl groups is 1. The number of rotatable bonds is 3. The van der Waals surface area contributed by atoms with Crippen molar-refractivity contribution in [1.82, 2.24) is 4.90 Å². The zero-order chi connectivity index (χ0) is 12.5. The number of carbonyl (C=O) groups is 1. The van der Waals surface area contributed by atoms with Gasteiger partial charge >= 0.3 is 6.09 Å². The number of hydrogen-bond donors (Lipinski definition) is 1. The van der Waals surface area contributed by atoms with Gasteiger partial charge in [0.05, 0.1) is 13.2 Å². The molecule has 92 valence electrons. The molecule has 0 spiro atoms. The number of hydrogen-bond acceptors (Lipinski definition) is 3. The Labute approximate surface area is 105 Å². The van der Waals surface area contributed by atoms with Crippen molar-refractivity contribution < 1.29 is 14.6 Å². The summed E-state index contributed by atoms with van der Waals surface area (Å²) in [5.74, 6) is 0. The Bertz CT molecular complexity index is 438. The summed E-state index contributed by atoms with van der Waals surface area (Å²) in [5, 5.41) is 9.78. The first-order valence-electron chi connectivity index (χ1n) is 5.36. The van der Waals surface area contributed by atoms with Crippen LogP contribution in [-0.2, 0) is 11.3 Å². The van der Waals surface area contributed by atoms with Crippen molar-refractivity contribution in [3.05, 3.63) is 34.9 Å². The number of cyclic esters (lactones) is 1. The van der Waals surface area contributed by atoms with Crippen LogP contribution in [-0.4, -0.2) is 34.9 Å². The molecule has 1 N–H and O–H groups in total. The molecule has 0 aromatic heterocycles. The number of halogens is 1. The minimum atomic E-state index is -0.796. The Morgan fingerprint density at radius 2 is 2.35 bits per heavy atom. The third-order valence-corrected chi connectivity index (χ3v) is 2.95. The van der Waals surface area contributed by atoms with E-state index in [0.29, 0.717) is 18.1 Å². The average molecular weight is 256 g/mol. The molecule has 1 aromatic rings. The molecule has 1 saturated heterocycles. The zero-order valence-electron chi connectivity index (χ0n) is 9.52. The quantitative estimate of drug-likeness (QED) is 0.899. The summed E-state index contributed by atoms with van der Waals surface area (Å²) in [5.41, 5.74) is 0.145. The van der Waals surface area contributed by atoms with E-state index in [1.165, 1.54) is 0 Å². The van der Waals surface area contributed by atoms with Gasteiger partial charge in [-0.25, -0.2) is 4.79 Å². The summed E-state index contributed by atoms with van der Waals surface area (Å²) in [7, 11) is 0. The number of amides is 1. The maximum absolute atomic E-state index is 11.6. The van der Waals surface area contributed by atoms with Crippen LogP contribution in [0.2, 0.25) is 5.02 Å². The molecule has 1 heterocycles. The summed E-state index contributed by atoms with van der Waals surface area (Å²) in [6.07, 6.45) is -0.401. The number of benzene rings is 1. The van der Waals surface area contributed by atoms with E-state index in [9.17, 15) is 4.79 Å². The SMILES string of the molecule is CC1(CO)CN(Cc2cccc(Cl)c2)C(=O)O1. The van der Waals surface area contributed by atoms with Gasteiger partial charge in [0, 0.05) is 11.6 Å². The Kier molecular flexibility index (Phi) is 3.26. The zero-order valence-corrected chi connectivity index (χ0v) is 10.3. The second-order valence-electron chi connectivity index (χ2n) is 4.46. The normalized spacial score (nSPS) is 23.9. The first-order chi connectivity index (χ1) is 8.02. The molecule has 0 bridgehead atoms. The van der Waals surface area contributed by atoms with E-state index in [0.717, 1.165) is 5.56 Å². The van der Waals surface area contributed by atoms with E-state index in [1.54, 1.807) is 17.9 Å². The van der Waals surface area contributed by atoms with E-state index in [1.807, 2.05) is 18.2 Å². The second kappa shape index (κ2) is 4.55. The van der Waals surface area contributed by atoms with Gasteiger partial charge in [-0.3, -0.25) is 4.90 Å². The predicted molar refractivity (Wildman–Crippen MR) is 63.8 cm³/mol. The average Bonchev–Trinajstić information content (AvgIpc) is 2.55. The maximum atomic E-state index is 11.6. The van der Waals surface area contributed by atoms with Crippen LogP contribution in [0.25, 0.3) is 0 Å². The van der Waals surface area contributed by atoms with Gasteiger partial charge in [-0.2, -0.15) is 0 Å². The number of nitrogens with zero attached hydrogens (tertiary/aromatic N) is 1. The lowest BCUT2D eigenvalue weighted by atomic mass is 10.1. The van der Waals surface area contributed by atoms with Crippen molar-refractivity contribution in [1.29, 1.82) is 0 Å². The van der Waals surface area contributed by atoms with Crippen LogP contribution in [0.5, 0.6) is 0 Å². The molecule has 4 nitrogen and oxygen atoms in total. The van der Waals surface area contributed by atoms with E-state index in [2.05, 4.69) is 0 Å². The fraction of sp³-hybridized carbons (Fsp3) is 0.417. The molecule has 1 unspecified atom stereocenters. The molecule has 1 fully saturated rings. The fourth-order valence-electron chi connectivity index (χ4n) is 1.83. The highest BCUT2D eigenvalue weighted by molar-refractivity contribution is 6.30.